The molecule has 2 atom stereocenters. The van der Waals surface area contributed by atoms with Gasteiger partial charge < -0.3 is 0 Å². The number of nitrogens with zero attached hydrogens (tertiary/aromatic N) is 1. The average molecular weight is 302 g/mol. The molecule has 0 aromatic heterocycles. The first kappa shape index (κ1) is 13.5. The molecule has 0 saturated carbocycles. The zero-order chi connectivity index (χ0) is 12.1. The topological polar surface area (TPSA) is 35.8 Å². The first-order chi connectivity index (χ1) is 7.58. The summed E-state index contributed by atoms with van der Waals surface area (Å²) in [4.78, 5) is 0. The van der Waals surface area contributed by atoms with Gasteiger partial charge >= 0.3 is 0 Å². The molecule has 16 heavy (non-hydrogen) atoms. The lowest BCUT2D eigenvalue weighted by molar-refractivity contribution is 0.500. The highest BCUT2D eigenvalue weighted by Crippen LogP contribution is 2.26. The predicted molar refractivity (Wildman–Crippen MR) is 70.4 cm³/mol. The number of benzene rings is 1. The number of hydrogen-bond acceptors (Lipinski definition) is 2. The number of hydrogen-bond donors (Lipinski definition) is 1. The third-order valence-corrected chi connectivity index (χ3v) is 3.42. The lowest BCUT2D eigenvalue weighted by atomic mass is 10.1. The van der Waals surface area contributed by atoms with Crippen LogP contribution in [0.4, 0.5) is 0 Å². The van der Waals surface area contributed by atoms with Crippen molar-refractivity contribution in [3.8, 4) is 6.07 Å². The van der Waals surface area contributed by atoms with E-state index in [0.29, 0.717) is 11.1 Å². The summed E-state index contributed by atoms with van der Waals surface area (Å²) < 4.78 is 0.902. The van der Waals surface area contributed by atoms with Crippen molar-refractivity contribution in [2.24, 2.45) is 0 Å². The summed E-state index contributed by atoms with van der Waals surface area (Å²) in [6, 6.07) is 7.70. The van der Waals surface area contributed by atoms with Gasteiger partial charge in [-0.2, -0.15) is 5.26 Å². The monoisotopic (exact) mass is 300 g/mol. The highest BCUT2D eigenvalue weighted by Gasteiger charge is 2.15. The smallest absolute Gasteiger partial charge is 0.122 e. The Morgan fingerprint density at radius 1 is 1.56 bits per heavy atom. The zero-order valence-corrected chi connectivity index (χ0v) is 11.6. The van der Waals surface area contributed by atoms with Gasteiger partial charge in [0.05, 0.1) is 6.07 Å². The Bertz CT molecular complexity index is 400. The minimum absolute atomic E-state index is 0.301. The number of halogens is 2. The molecule has 0 aliphatic rings. The van der Waals surface area contributed by atoms with Gasteiger partial charge in [-0.25, -0.2) is 0 Å². The van der Waals surface area contributed by atoms with Gasteiger partial charge in [0.15, 0.2) is 0 Å². The van der Waals surface area contributed by atoms with E-state index in [1.165, 1.54) is 0 Å². The maximum atomic E-state index is 9.16. The Morgan fingerprint density at radius 3 is 2.81 bits per heavy atom. The van der Waals surface area contributed by atoms with Crippen molar-refractivity contribution in [3.05, 3.63) is 33.3 Å². The molecule has 1 N–H and O–H groups in total. The molecule has 0 aliphatic heterocycles. The molecule has 0 heterocycles. The van der Waals surface area contributed by atoms with E-state index in [1.807, 2.05) is 12.1 Å². The van der Waals surface area contributed by atoms with Crippen LogP contribution in [-0.4, -0.2) is 6.04 Å². The molecule has 0 saturated heterocycles. The van der Waals surface area contributed by atoms with Gasteiger partial charge in [-0.05, 0) is 37.1 Å². The Hall–Kier alpha value is -0.560. The summed E-state index contributed by atoms with van der Waals surface area (Å²) in [6.45, 7) is 4.14. The molecule has 0 amide bonds. The summed E-state index contributed by atoms with van der Waals surface area (Å²) in [5.74, 6) is 0. The van der Waals surface area contributed by atoms with E-state index in [9.17, 15) is 0 Å². The fraction of sp³-hybridized carbons (Fsp3) is 0.417. The van der Waals surface area contributed by atoms with Gasteiger partial charge in [-0.3, -0.25) is 5.32 Å². The quantitative estimate of drug-likeness (QED) is 0.910. The zero-order valence-electron chi connectivity index (χ0n) is 9.30. The van der Waals surface area contributed by atoms with Crippen LogP contribution in [0.3, 0.4) is 0 Å². The maximum Gasteiger partial charge on any atom is 0.122 e. The second-order valence-corrected chi connectivity index (χ2v) is 4.99. The molecule has 2 unspecified atom stereocenters. The average Bonchev–Trinajstić information content (AvgIpc) is 2.29. The van der Waals surface area contributed by atoms with E-state index < -0.39 is 0 Å². The highest BCUT2D eigenvalue weighted by molar-refractivity contribution is 9.10. The Morgan fingerprint density at radius 2 is 2.25 bits per heavy atom. The van der Waals surface area contributed by atoms with E-state index in [2.05, 4.69) is 41.2 Å². The van der Waals surface area contributed by atoms with Crippen molar-refractivity contribution < 1.29 is 0 Å². The van der Waals surface area contributed by atoms with Crippen molar-refractivity contribution in [2.75, 3.05) is 0 Å². The molecule has 0 aliphatic carbocycles. The van der Waals surface area contributed by atoms with E-state index in [4.69, 9.17) is 16.9 Å². The second-order valence-electron chi connectivity index (χ2n) is 3.70. The van der Waals surface area contributed by atoms with E-state index in [1.54, 1.807) is 6.07 Å². The van der Waals surface area contributed by atoms with Gasteiger partial charge in [0, 0.05) is 15.5 Å². The van der Waals surface area contributed by atoms with Crippen LogP contribution in [0, 0.1) is 11.3 Å². The van der Waals surface area contributed by atoms with E-state index >= 15 is 0 Å². The van der Waals surface area contributed by atoms with Gasteiger partial charge in [-0.1, -0.05) is 34.5 Å². The molecule has 0 radical (unpaired) electrons. The Labute approximate surface area is 110 Å². The van der Waals surface area contributed by atoms with Crippen LogP contribution in [0.2, 0.25) is 5.02 Å². The first-order valence-electron chi connectivity index (χ1n) is 5.19. The fourth-order valence-electron chi connectivity index (χ4n) is 1.33. The molecule has 4 heteroatoms. The summed E-state index contributed by atoms with van der Waals surface area (Å²) in [5.41, 5.74) is 0.885. The van der Waals surface area contributed by atoms with Crippen LogP contribution in [0.25, 0.3) is 0 Å². The highest BCUT2D eigenvalue weighted by atomic mass is 79.9. The predicted octanol–water partition coefficient (Wildman–Crippen LogP) is 4.06. The minimum atomic E-state index is -0.331. The van der Waals surface area contributed by atoms with Gasteiger partial charge in [0.2, 0.25) is 0 Å². The van der Waals surface area contributed by atoms with Crippen LogP contribution >= 0.6 is 27.5 Å². The SMILES string of the molecule is CCC(C)NC(C#N)c1cc(Cl)ccc1Br. The first-order valence-corrected chi connectivity index (χ1v) is 6.36. The molecular weight excluding hydrogens is 288 g/mol. The molecule has 86 valence electrons. The number of nitrogens with one attached hydrogen (secondary N) is 1. The van der Waals surface area contributed by atoms with Crippen molar-refractivity contribution in [3.63, 3.8) is 0 Å². The standard InChI is InChI=1S/C12H14BrClN2/c1-3-8(2)16-12(7-15)10-6-9(14)4-5-11(10)13/h4-6,8,12,16H,3H2,1-2H3. The molecular formula is C12H14BrClN2. The van der Waals surface area contributed by atoms with Crippen LogP contribution in [0.5, 0.6) is 0 Å². The fourth-order valence-corrected chi connectivity index (χ4v) is 1.99. The Balaban J connectivity index is 2.95. The Kier molecular flexibility index (Phi) is 5.27. The number of rotatable bonds is 4. The van der Waals surface area contributed by atoms with Crippen molar-refractivity contribution in [1.29, 1.82) is 5.26 Å². The second kappa shape index (κ2) is 6.24. The van der Waals surface area contributed by atoms with Gasteiger partial charge in [0.1, 0.15) is 6.04 Å². The molecule has 1 aromatic carbocycles. The van der Waals surface area contributed by atoms with Crippen LogP contribution < -0.4 is 5.32 Å². The molecule has 2 nitrogen and oxygen atoms in total. The van der Waals surface area contributed by atoms with Crippen LogP contribution in [-0.2, 0) is 0 Å². The van der Waals surface area contributed by atoms with Crippen LogP contribution in [0.15, 0.2) is 22.7 Å². The normalized spacial score (nSPS) is 14.2. The molecule has 1 aromatic rings. The van der Waals surface area contributed by atoms with Gasteiger partial charge in [-0.15, -0.1) is 0 Å². The minimum Gasteiger partial charge on any atom is -0.296 e. The van der Waals surface area contributed by atoms with E-state index in [0.717, 1.165) is 16.5 Å². The van der Waals surface area contributed by atoms with Gasteiger partial charge in [0.25, 0.3) is 0 Å². The van der Waals surface area contributed by atoms with E-state index in [-0.39, 0.29) is 6.04 Å². The summed E-state index contributed by atoms with van der Waals surface area (Å²) in [7, 11) is 0. The van der Waals surface area contributed by atoms with Crippen molar-refractivity contribution in [1.82, 2.24) is 5.32 Å². The largest absolute Gasteiger partial charge is 0.296 e. The molecule has 0 bridgehead atoms. The molecule has 0 fully saturated rings. The lowest BCUT2D eigenvalue weighted by Gasteiger charge is -2.18. The third-order valence-electron chi connectivity index (χ3n) is 2.46. The number of nitriles is 1. The van der Waals surface area contributed by atoms with Crippen molar-refractivity contribution >= 4 is 27.5 Å². The molecule has 0 spiro atoms. The summed E-state index contributed by atoms with van der Waals surface area (Å²) in [6.07, 6.45) is 0.983. The maximum absolute atomic E-state index is 9.16. The summed E-state index contributed by atoms with van der Waals surface area (Å²) in [5, 5.41) is 13.1. The third kappa shape index (κ3) is 3.48. The molecule has 1 rings (SSSR count). The lowest BCUT2D eigenvalue weighted by Crippen LogP contribution is -2.29. The summed E-state index contributed by atoms with van der Waals surface area (Å²) >= 11 is 9.36. The van der Waals surface area contributed by atoms with Crippen LogP contribution in [0.1, 0.15) is 31.9 Å². The van der Waals surface area contributed by atoms with Crippen molar-refractivity contribution in [2.45, 2.75) is 32.4 Å².